The highest BCUT2D eigenvalue weighted by atomic mass is 16.5. The molecule has 0 spiro atoms. The molecule has 0 saturated heterocycles. The second kappa shape index (κ2) is 8.18. The molecule has 32 heavy (non-hydrogen) atoms. The van der Waals surface area contributed by atoms with Crippen LogP contribution in [-0.4, -0.2) is 44.9 Å². The molecule has 0 fully saturated rings. The maximum Gasteiger partial charge on any atom is 0.333 e. The quantitative estimate of drug-likeness (QED) is 0.554. The number of hydrogen-bond acceptors (Lipinski definition) is 7. The van der Waals surface area contributed by atoms with E-state index in [0.29, 0.717) is 24.8 Å². The van der Waals surface area contributed by atoms with Crippen LogP contribution in [0, 0.1) is 12.8 Å². The Hall–Kier alpha value is -3.56. The summed E-state index contributed by atoms with van der Waals surface area (Å²) in [5.74, 6) is 0.809. The number of nitrogens with zero attached hydrogens (tertiary/aromatic N) is 5. The lowest BCUT2D eigenvalue weighted by Gasteiger charge is -2.33. The highest BCUT2D eigenvalue weighted by Gasteiger charge is 2.31. The predicted octanol–water partition coefficient (Wildman–Crippen LogP) is 1.56. The minimum atomic E-state index is -0.635. The zero-order valence-corrected chi connectivity index (χ0v) is 18.9. The first-order valence-corrected chi connectivity index (χ1v) is 10.5. The van der Waals surface area contributed by atoms with Crippen molar-refractivity contribution in [1.29, 1.82) is 0 Å². The van der Waals surface area contributed by atoms with Crippen molar-refractivity contribution >= 4 is 28.8 Å². The SMILES string of the molecule is CCOC(=O)Cn1c(=O)c2c(nc3n2C[C@@H](C)CN3c2cc(C)ccc2OC)n(C)c1=O. The molecule has 0 N–H and O–H groups in total. The van der Waals surface area contributed by atoms with Gasteiger partial charge in [-0.2, -0.15) is 4.98 Å². The largest absolute Gasteiger partial charge is 0.495 e. The molecule has 0 bridgehead atoms. The third-order valence-corrected chi connectivity index (χ3v) is 5.66. The van der Waals surface area contributed by atoms with E-state index in [1.54, 1.807) is 21.1 Å². The van der Waals surface area contributed by atoms with E-state index in [9.17, 15) is 14.4 Å². The van der Waals surface area contributed by atoms with Crippen molar-refractivity contribution in [3.63, 3.8) is 0 Å². The minimum Gasteiger partial charge on any atom is -0.495 e. The fourth-order valence-electron chi connectivity index (χ4n) is 4.19. The maximum absolute atomic E-state index is 13.3. The van der Waals surface area contributed by atoms with Gasteiger partial charge in [-0.1, -0.05) is 13.0 Å². The Morgan fingerprint density at radius 2 is 2.00 bits per heavy atom. The summed E-state index contributed by atoms with van der Waals surface area (Å²) < 4.78 is 14.6. The normalized spacial score (nSPS) is 15.7. The van der Waals surface area contributed by atoms with E-state index in [1.165, 1.54) is 4.57 Å². The van der Waals surface area contributed by atoms with Crippen LogP contribution in [0.2, 0.25) is 0 Å². The monoisotopic (exact) mass is 441 g/mol. The number of aromatic nitrogens is 4. The molecule has 1 atom stereocenters. The van der Waals surface area contributed by atoms with Crippen molar-refractivity contribution in [2.24, 2.45) is 13.0 Å². The summed E-state index contributed by atoms with van der Waals surface area (Å²) in [4.78, 5) is 44.9. The molecule has 0 unspecified atom stereocenters. The Kier molecular flexibility index (Phi) is 5.53. The predicted molar refractivity (Wildman–Crippen MR) is 120 cm³/mol. The molecule has 170 valence electrons. The number of rotatable bonds is 5. The van der Waals surface area contributed by atoms with Crippen molar-refractivity contribution in [1.82, 2.24) is 18.7 Å². The minimum absolute atomic E-state index is 0.170. The van der Waals surface area contributed by atoms with Gasteiger partial charge in [0.05, 0.1) is 19.4 Å². The maximum atomic E-state index is 13.3. The number of ether oxygens (including phenoxy) is 2. The number of carbonyl (C=O) groups excluding carboxylic acids is 1. The summed E-state index contributed by atoms with van der Waals surface area (Å²) in [5.41, 5.74) is 1.30. The van der Waals surface area contributed by atoms with Gasteiger partial charge in [-0.05, 0) is 37.5 Å². The number of esters is 1. The van der Waals surface area contributed by atoms with Crippen LogP contribution >= 0.6 is 0 Å². The highest BCUT2D eigenvalue weighted by molar-refractivity contribution is 5.79. The molecule has 4 rings (SSSR count). The molecule has 0 saturated carbocycles. The number of benzene rings is 1. The Labute approximate surface area is 184 Å². The molecule has 3 aromatic rings. The van der Waals surface area contributed by atoms with E-state index in [0.717, 1.165) is 15.8 Å². The molecule has 0 aliphatic carbocycles. The van der Waals surface area contributed by atoms with E-state index in [-0.39, 0.29) is 23.7 Å². The molecule has 1 aromatic carbocycles. The van der Waals surface area contributed by atoms with Crippen LogP contribution in [0.4, 0.5) is 11.6 Å². The molecule has 10 nitrogen and oxygen atoms in total. The molecule has 3 heterocycles. The number of aryl methyl sites for hydroxylation is 2. The van der Waals surface area contributed by atoms with Gasteiger partial charge >= 0.3 is 11.7 Å². The molecule has 0 amide bonds. The van der Waals surface area contributed by atoms with Crippen molar-refractivity contribution < 1.29 is 14.3 Å². The van der Waals surface area contributed by atoms with E-state index >= 15 is 0 Å². The summed E-state index contributed by atoms with van der Waals surface area (Å²) >= 11 is 0. The molecular formula is C22H27N5O5. The molecule has 0 radical (unpaired) electrons. The van der Waals surface area contributed by atoms with Gasteiger partial charge in [0.2, 0.25) is 5.95 Å². The number of methoxy groups -OCH3 is 1. The van der Waals surface area contributed by atoms with Gasteiger partial charge in [0.1, 0.15) is 12.3 Å². The van der Waals surface area contributed by atoms with E-state index in [1.807, 2.05) is 34.6 Å². The van der Waals surface area contributed by atoms with Gasteiger partial charge in [0.15, 0.2) is 11.2 Å². The lowest BCUT2D eigenvalue weighted by molar-refractivity contribution is -0.143. The summed E-state index contributed by atoms with van der Waals surface area (Å²) in [6.45, 7) is 6.71. The first kappa shape index (κ1) is 21.7. The smallest absolute Gasteiger partial charge is 0.333 e. The first-order chi connectivity index (χ1) is 15.3. The summed E-state index contributed by atoms with van der Waals surface area (Å²) in [7, 11) is 3.16. The third-order valence-electron chi connectivity index (χ3n) is 5.66. The van der Waals surface area contributed by atoms with E-state index in [2.05, 4.69) is 6.92 Å². The Morgan fingerprint density at radius 1 is 1.25 bits per heavy atom. The standard InChI is InChI=1S/C22H27N5O5/c1-6-32-17(28)12-27-20(29)18-19(24(4)22(27)30)23-21-25(10-14(3)11-26(18)21)15-9-13(2)7-8-16(15)31-5/h7-9,14H,6,10-12H2,1-5H3/t14-/m0/s1. The third kappa shape index (κ3) is 3.45. The van der Waals surface area contributed by atoms with Crippen LogP contribution in [0.25, 0.3) is 11.2 Å². The summed E-state index contributed by atoms with van der Waals surface area (Å²) in [6, 6.07) is 5.88. The lowest BCUT2D eigenvalue weighted by Crippen LogP contribution is -2.42. The van der Waals surface area contributed by atoms with Crippen molar-refractivity contribution in [2.45, 2.75) is 33.9 Å². The Balaban J connectivity index is 1.96. The zero-order valence-electron chi connectivity index (χ0n) is 18.9. The van der Waals surface area contributed by atoms with Gasteiger partial charge in [-0.25, -0.2) is 9.36 Å². The van der Waals surface area contributed by atoms with E-state index < -0.39 is 23.8 Å². The second-order valence-corrected chi connectivity index (χ2v) is 8.12. The van der Waals surface area contributed by atoms with Crippen LogP contribution < -0.4 is 20.9 Å². The Bertz CT molecular complexity index is 1320. The van der Waals surface area contributed by atoms with Gasteiger partial charge in [0, 0.05) is 20.1 Å². The Morgan fingerprint density at radius 3 is 2.69 bits per heavy atom. The fourth-order valence-corrected chi connectivity index (χ4v) is 4.19. The van der Waals surface area contributed by atoms with Crippen LogP contribution in [0.5, 0.6) is 5.75 Å². The van der Waals surface area contributed by atoms with Gasteiger partial charge in [-0.15, -0.1) is 0 Å². The number of fused-ring (bicyclic) bond motifs is 3. The first-order valence-electron chi connectivity index (χ1n) is 10.5. The van der Waals surface area contributed by atoms with Crippen molar-refractivity contribution in [2.75, 3.05) is 25.2 Å². The van der Waals surface area contributed by atoms with Gasteiger partial charge in [-0.3, -0.25) is 14.2 Å². The summed E-state index contributed by atoms with van der Waals surface area (Å²) in [6.07, 6.45) is 0. The van der Waals surface area contributed by atoms with Gasteiger partial charge < -0.3 is 18.9 Å². The van der Waals surface area contributed by atoms with E-state index in [4.69, 9.17) is 14.5 Å². The number of imidazole rings is 1. The molecular weight excluding hydrogens is 414 g/mol. The number of hydrogen-bond donors (Lipinski definition) is 0. The number of anilines is 2. The van der Waals surface area contributed by atoms with Gasteiger partial charge in [0.25, 0.3) is 5.56 Å². The van der Waals surface area contributed by atoms with Crippen LogP contribution in [-0.2, 0) is 29.7 Å². The average Bonchev–Trinajstić information content (AvgIpc) is 3.14. The van der Waals surface area contributed by atoms with Crippen LogP contribution in [0.1, 0.15) is 19.4 Å². The molecule has 1 aliphatic heterocycles. The molecule has 2 aromatic heterocycles. The zero-order chi connectivity index (χ0) is 23.2. The van der Waals surface area contributed by atoms with Crippen molar-refractivity contribution in [3.8, 4) is 5.75 Å². The number of carbonyl (C=O) groups is 1. The van der Waals surface area contributed by atoms with Crippen LogP contribution in [0.15, 0.2) is 27.8 Å². The van der Waals surface area contributed by atoms with Crippen molar-refractivity contribution in [3.05, 3.63) is 44.6 Å². The topological polar surface area (TPSA) is 101 Å². The fraction of sp³-hybridized carbons (Fsp3) is 0.455. The second-order valence-electron chi connectivity index (χ2n) is 8.12. The summed E-state index contributed by atoms with van der Waals surface area (Å²) in [5, 5.41) is 0. The average molecular weight is 441 g/mol. The highest BCUT2D eigenvalue weighted by Crippen LogP contribution is 2.38. The molecule has 1 aliphatic rings. The molecule has 10 heteroatoms. The van der Waals surface area contributed by atoms with Crippen LogP contribution in [0.3, 0.4) is 0 Å². The lowest BCUT2D eigenvalue weighted by atomic mass is 10.1.